The normalized spacial score (nSPS) is 13.6. The van der Waals surface area contributed by atoms with E-state index in [-0.39, 0.29) is 11.2 Å². The highest BCUT2D eigenvalue weighted by Gasteiger charge is 2.30. The molecule has 16 heavy (non-hydrogen) atoms. The molecule has 2 nitrogen and oxygen atoms in total. The minimum Gasteiger partial charge on any atom is -0.388 e. The maximum atomic E-state index is 6.05. The van der Waals surface area contributed by atoms with Gasteiger partial charge in [0.2, 0.25) is 0 Å². The molecule has 3 heteroatoms. The average molecular weight is 244 g/mol. The molecule has 0 aliphatic carbocycles. The molecule has 0 bridgehead atoms. The van der Waals surface area contributed by atoms with Crippen molar-refractivity contribution in [2.75, 3.05) is 0 Å². The highest BCUT2D eigenvalue weighted by Crippen LogP contribution is 2.22. The molecule has 0 aromatic heterocycles. The van der Waals surface area contributed by atoms with Crippen LogP contribution in [0.4, 0.5) is 0 Å². The maximum absolute atomic E-state index is 6.05. The summed E-state index contributed by atoms with van der Waals surface area (Å²) in [5.74, 6) is 0.418. The third-order valence-electron chi connectivity index (χ3n) is 1.97. The SMILES string of the molecule is C=C(C(C)C)[SiH](OC(C)(C)C)OC(C)(C)C. The van der Waals surface area contributed by atoms with Crippen LogP contribution in [0.3, 0.4) is 0 Å². The van der Waals surface area contributed by atoms with E-state index in [2.05, 4.69) is 62.0 Å². The third-order valence-corrected chi connectivity index (χ3v) is 5.08. The minimum atomic E-state index is -1.83. The molecular formula is C13H28O2Si. The van der Waals surface area contributed by atoms with Gasteiger partial charge in [-0.1, -0.05) is 20.4 Å². The fraction of sp³-hybridized carbons (Fsp3) is 0.846. The van der Waals surface area contributed by atoms with Gasteiger partial charge in [0.15, 0.2) is 0 Å². The largest absolute Gasteiger partial charge is 0.388 e. The summed E-state index contributed by atoms with van der Waals surface area (Å²) < 4.78 is 12.1. The van der Waals surface area contributed by atoms with Crippen molar-refractivity contribution in [3.05, 3.63) is 11.8 Å². The Morgan fingerprint density at radius 3 is 1.44 bits per heavy atom. The highest BCUT2D eigenvalue weighted by atomic mass is 28.3. The lowest BCUT2D eigenvalue weighted by atomic mass is 10.2. The summed E-state index contributed by atoms with van der Waals surface area (Å²) in [6, 6.07) is 0. The predicted octanol–water partition coefficient (Wildman–Crippen LogP) is 3.59. The molecular weight excluding hydrogens is 216 g/mol. The molecule has 0 N–H and O–H groups in total. The van der Waals surface area contributed by atoms with E-state index in [0.29, 0.717) is 5.92 Å². The van der Waals surface area contributed by atoms with Crippen molar-refractivity contribution >= 4 is 9.28 Å². The van der Waals surface area contributed by atoms with Crippen molar-refractivity contribution in [2.24, 2.45) is 5.92 Å². The summed E-state index contributed by atoms with van der Waals surface area (Å²) in [7, 11) is -1.83. The Labute approximate surface area is 103 Å². The zero-order valence-corrected chi connectivity index (χ0v) is 13.3. The molecule has 0 spiro atoms. The molecule has 0 radical (unpaired) electrons. The van der Waals surface area contributed by atoms with Crippen LogP contribution in [0.1, 0.15) is 55.4 Å². The fourth-order valence-electron chi connectivity index (χ4n) is 1.09. The van der Waals surface area contributed by atoms with E-state index in [1.165, 1.54) is 0 Å². The smallest absolute Gasteiger partial charge is 0.352 e. The van der Waals surface area contributed by atoms with Gasteiger partial charge in [-0.15, -0.1) is 0 Å². The summed E-state index contributed by atoms with van der Waals surface area (Å²) in [5.41, 5.74) is -0.333. The van der Waals surface area contributed by atoms with Crippen LogP contribution in [0.5, 0.6) is 0 Å². The van der Waals surface area contributed by atoms with Gasteiger partial charge in [-0.3, -0.25) is 0 Å². The van der Waals surface area contributed by atoms with Gasteiger partial charge < -0.3 is 8.85 Å². The van der Waals surface area contributed by atoms with Crippen LogP contribution in [-0.2, 0) is 8.85 Å². The van der Waals surface area contributed by atoms with Gasteiger partial charge in [0.05, 0.1) is 11.2 Å². The molecule has 0 aromatic carbocycles. The van der Waals surface area contributed by atoms with E-state index >= 15 is 0 Å². The lowest BCUT2D eigenvalue weighted by Gasteiger charge is -2.33. The molecule has 0 heterocycles. The molecule has 0 aliphatic heterocycles. The van der Waals surface area contributed by atoms with Gasteiger partial charge in [-0.25, -0.2) is 0 Å². The maximum Gasteiger partial charge on any atom is 0.352 e. The molecule has 0 saturated carbocycles. The summed E-state index contributed by atoms with van der Waals surface area (Å²) in [5, 5.41) is 1.13. The highest BCUT2D eigenvalue weighted by molar-refractivity contribution is 6.53. The van der Waals surface area contributed by atoms with Crippen molar-refractivity contribution in [2.45, 2.75) is 66.6 Å². The zero-order chi connectivity index (χ0) is 13.1. The van der Waals surface area contributed by atoms with E-state index < -0.39 is 9.28 Å². The number of rotatable bonds is 4. The average Bonchev–Trinajstić information content (AvgIpc) is 1.95. The molecule has 0 amide bonds. The van der Waals surface area contributed by atoms with E-state index in [4.69, 9.17) is 8.85 Å². The molecule has 0 fully saturated rings. The first-order valence-corrected chi connectivity index (χ1v) is 7.49. The molecule has 0 unspecified atom stereocenters. The standard InChI is InChI=1S/C13H28O2Si/c1-10(2)11(3)16(14-12(4,5)6)15-13(7,8)9/h10,16H,3H2,1-2,4-9H3. The minimum absolute atomic E-state index is 0.167. The van der Waals surface area contributed by atoms with Crippen LogP contribution < -0.4 is 0 Å². The summed E-state index contributed by atoms with van der Waals surface area (Å²) >= 11 is 0. The van der Waals surface area contributed by atoms with Gasteiger partial charge >= 0.3 is 9.28 Å². The summed E-state index contributed by atoms with van der Waals surface area (Å²) in [4.78, 5) is 0. The Morgan fingerprint density at radius 2 is 1.25 bits per heavy atom. The summed E-state index contributed by atoms with van der Waals surface area (Å²) in [6.07, 6.45) is 0. The van der Waals surface area contributed by atoms with E-state index in [0.717, 1.165) is 5.20 Å². The zero-order valence-electron chi connectivity index (χ0n) is 12.2. The number of hydrogen-bond donors (Lipinski definition) is 0. The second-order valence-corrected chi connectivity index (χ2v) is 8.40. The molecule has 0 aliphatic rings. The van der Waals surface area contributed by atoms with E-state index in [1.54, 1.807) is 0 Å². The number of allylic oxidation sites excluding steroid dienone is 1. The van der Waals surface area contributed by atoms with Crippen LogP contribution in [0.2, 0.25) is 0 Å². The Balaban J connectivity index is 4.71. The quantitative estimate of drug-likeness (QED) is 0.704. The van der Waals surface area contributed by atoms with Crippen molar-refractivity contribution in [1.82, 2.24) is 0 Å². The predicted molar refractivity (Wildman–Crippen MR) is 72.8 cm³/mol. The van der Waals surface area contributed by atoms with Gasteiger partial charge in [0, 0.05) is 0 Å². The third kappa shape index (κ3) is 7.20. The Bertz CT molecular complexity index is 217. The fourth-order valence-corrected chi connectivity index (χ4v) is 3.27. The topological polar surface area (TPSA) is 18.5 Å². The summed E-state index contributed by atoms with van der Waals surface area (Å²) in [6.45, 7) is 20.8. The Kier molecular flexibility index (Phi) is 5.43. The van der Waals surface area contributed by atoms with E-state index in [1.807, 2.05) is 0 Å². The second-order valence-electron chi connectivity index (χ2n) is 6.52. The van der Waals surface area contributed by atoms with Gasteiger partial charge in [-0.2, -0.15) is 0 Å². The lowest BCUT2D eigenvalue weighted by molar-refractivity contribution is 0.0374. The lowest BCUT2D eigenvalue weighted by Crippen LogP contribution is -2.41. The molecule has 96 valence electrons. The second kappa shape index (κ2) is 5.47. The first-order chi connectivity index (χ1) is 6.92. The van der Waals surface area contributed by atoms with Gasteiger partial charge in [0.1, 0.15) is 0 Å². The molecule has 0 rings (SSSR count). The number of hydrogen-bond acceptors (Lipinski definition) is 2. The van der Waals surface area contributed by atoms with Crippen molar-refractivity contribution in [3.63, 3.8) is 0 Å². The van der Waals surface area contributed by atoms with Crippen LogP contribution in [0.15, 0.2) is 11.8 Å². The van der Waals surface area contributed by atoms with Crippen molar-refractivity contribution in [1.29, 1.82) is 0 Å². The van der Waals surface area contributed by atoms with Crippen molar-refractivity contribution < 1.29 is 8.85 Å². The molecule has 0 saturated heterocycles. The molecule has 0 atom stereocenters. The van der Waals surface area contributed by atoms with Crippen LogP contribution in [-0.4, -0.2) is 20.5 Å². The first-order valence-electron chi connectivity index (χ1n) is 5.97. The van der Waals surface area contributed by atoms with Gasteiger partial charge in [0.25, 0.3) is 0 Å². The van der Waals surface area contributed by atoms with Crippen LogP contribution >= 0.6 is 0 Å². The Morgan fingerprint density at radius 1 is 0.938 bits per heavy atom. The molecule has 0 aromatic rings. The van der Waals surface area contributed by atoms with Gasteiger partial charge in [-0.05, 0) is 52.7 Å². The Hall–Kier alpha value is -0.123. The monoisotopic (exact) mass is 244 g/mol. The van der Waals surface area contributed by atoms with Crippen LogP contribution in [0, 0.1) is 5.92 Å². The van der Waals surface area contributed by atoms with Crippen molar-refractivity contribution in [3.8, 4) is 0 Å². The van der Waals surface area contributed by atoms with Crippen LogP contribution in [0.25, 0.3) is 0 Å². The first kappa shape index (κ1) is 15.9. The van der Waals surface area contributed by atoms with E-state index in [9.17, 15) is 0 Å².